The van der Waals surface area contributed by atoms with E-state index in [1.807, 2.05) is 30.3 Å². The number of aromatic nitrogens is 1. The number of rotatable bonds is 3. The molecule has 1 aromatic carbocycles. The Kier molecular flexibility index (Phi) is 3.37. The van der Waals surface area contributed by atoms with Crippen LogP contribution >= 0.6 is 50.4 Å². The minimum Gasteiger partial charge on any atom is -0.229 e. The van der Waals surface area contributed by atoms with E-state index in [1.54, 1.807) is 22.7 Å². The number of thioether (sulfide) groups is 1. The molecule has 0 amide bonds. The van der Waals surface area contributed by atoms with Gasteiger partial charge in [0.05, 0.1) is 18.9 Å². The van der Waals surface area contributed by atoms with E-state index in [2.05, 4.69) is 47.7 Å². The number of hydrogen-bond acceptors (Lipinski definition) is 8. The largest absolute Gasteiger partial charge is 0.281 e. The van der Waals surface area contributed by atoms with Crippen molar-refractivity contribution in [3.05, 3.63) is 45.1 Å². The molecule has 0 saturated heterocycles. The van der Waals surface area contributed by atoms with E-state index in [0.29, 0.717) is 0 Å². The lowest BCUT2D eigenvalue weighted by atomic mass is 10.3. The molecule has 0 radical (unpaired) electrons. The quantitative estimate of drug-likeness (QED) is 0.557. The Morgan fingerprint density at radius 1 is 1.00 bits per heavy atom. The lowest BCUT2D eigenvalue weighted by molar-refractivity contribution is 0.704. The molecule has 0 atom stereocenters. The van der Waals surface area contributed by atoms with Crippen molar-refractivity contribution in [1.29, 1.82) is 0 Å². The molecule has 1 aliphatic rings. The topological polar surface area (TPSA) is 62.3 Å². The van der Waals surface area contributed by atoms with Crippen LogP contribution in [0.5, 0.6) is 0 Å². The summed E-state index contributed by atoms with van der Waals surface area (Å²) in [5.41, 5.74) is 0.986. The van der Waals surface area contributed by atoms with Crippen LogP contribution in [0.1, 0.15) is 4.88 Å². The number of hydrogen-bond donors (Lipinski definition) is 0. The fourth-order valence-corrected chi connectivity index (χ4v) is 5.67. The van der Waals surface area contributed by atoms with Crippen LogP contribution in [0.25, 0.3) is 10.2 Å². The van der Waals surface area contributed by atoms with Gasteiger partial charge < -0.3 is 0 Å². The van der Waals surface area contributed by atoms with Gasteiger partial charge in [-0.2, -0.15) is 0 Å². The van der Waals surface area contributed by atoms with Crippen LogP contribution in [0.2, 0.25) is 0 Å². The molecular weight excluding hydrogens is 390 g/mol. The number of nitrogens with zero attached hydrogens (tertiary/aromatic N) is 5. The van der Waals surface area contributed by atoms with E-state index in [1.165, 1.54) is 11.8 Å². The zero-order chi connectivity index (χ0) is 14.3. The highest BCUT2D eigenvalue weighted by Gasteiger charge is 2.39. The Labute approximate surface area is 140 Å². The highest BCUT2D eigenvalue weighted by molar-refractivity contribution is 9.11. The number of thiazole rings is 1. The van der Waals surface area contributed by atoms with E-state index in [0.717, 1.165) is 23.2 Å². The van der Waals surface area contributed by atoms with E-state index >= 15 is 0 Å². The molecule has 5 nitrogen and oxygen atoms in total. The standard InChI is InChI=1S/C12H6BrN5S3/c13-10-6-5-9(20-10)12(15-17-18-16-12)21-11-14-7-3-1-2-4-8(7)19-11/h1-6H. The summed E-state index contributed by atoms with van der Waals surface area (Å²) in [6, 6.07) is 12.0. The van der Waals surface area contributed by atoms with Gasteiger partial charge in [0.25, 0.3) is 4.99 Å². The average molecular weight is 396 g/mol. The maximum Gasteiger partial charge on any atom is 0.281 e. The summed E-state index contributed by atoms with van der Waals surface area (Å²) in [7, 11) is 0. The summed E-state index contributed by atoms with van der Waals surface area (Å²) in [6.07, 6.45) is 0. The van der Waals surface area contributed by atoms with Gasteiger partial charge in [0.2, 0.25) is 0 Å². The number of thiophene rings is 1. The first-order chi connectivity index (χ1) is 10.3. The number of fused-ring (bicyclic) bond motifs is 1. The van der Waals surface area contributed by atoms with Crippen LogP contribution in [0.4, 0.5) is 0 Å². The molecule has 0 aliphatic carbocycles. The smallest absolute Gasteiger partial charge is 0.229 e. The molecule has 104 valence electrons. The molecule has 4 rings (SSSR count). The van der Waals surface area contributed by atoms with E-state index in [-0.39, 0.29) is 0 Å². The molecule has 2 aromatic heterocycles. The Hall–Kier alpha value is -1.16. The SMILES string of the molecule is Brc1ccc(C2(Sc3nc4ccccc4s3)N=NN=N2)s1. The van der Waals surface area contributed by atoms with Gasteiger partial charge in [0.1, 0.15) is 0 Å². The van der Waals surface area contributed by atoms with Gasteiger partial charge in [-0.25, -0.2) is 4.98 Å². The minimum atomic E-state index is -0.843. The van der Waals surface area contributed by atoms with Crippen molar-refractivity contribution in [1.82, 2.24) is 4.98 Å². The van der Waals surface area contributed by atoms with Crippen molar-refractivity contribution >= 4 is 60.6 Å². The molecule has 3 heterocycles. The molecule has 21 heavy (non-hydrogen) atoms. The van der Waals surface area contributed by atoms with E-state index in [9.17, 15) is 0 Å². The first-order valence-corrected chi connectivity index (χ1v) is 9.14. The average Bonchev–Trinajstić information content (AvgIpc) is 3.18. The summed E-state index contributed by atoms with van der Waals surface area (Å²) in [5, 5.41) is 15.9. The fraction of sp³-hybridized carbons (Fsp3) is 0.0833. The fourth-order valence-electron chi connectivity index (χ4n) is 1.88. The van der Waals surface area contributed by atoms with Crippen LogP contribution in [0.3, 0.4) is 0 Å². The third kappa shape index (κ3) is 2.44. The Bertz CT molecular complexity index is 824. The Morgan fingerprint density at radius 2 is 1.81 bits per heavy atom. The van der Waals surface area contributed by atoms with Crippen LogP contribution in [-0.4, -0.2) is 4.98 Å². The second-order valence-electron chi connectivity index (χ2n) is 4.14. The van der Waals surface area contributed by atoms with Crippen LogP contribution in [0.15, 0.2) is 65.2 Å². The predicted octanol–water partition coefficient (Wildman–Crippen LogP) is 5.86. The highest BCUT2D eigenvalue weighted by Crippen LogP contribution is 2.50. The lowest BCUT2D eigenvalue weighted by Gasteiger charge is -2.15. The van der Waals surface area contributed by atoms with Gasteiger partial charge in [-0.1, -0.05) is 12.1 Å². The van der Waals surface area contributed by atoms with Crippen LogP contribution < -0.4 is 0 Å². The molecule has 9 heteroatoms. The zero-order valence-electron chi connectivity index (χ0n) is 10.3. The van der Waals surface area contributed by atoms with Gasteiger partial charge in [-0.15, -0.1) is 32.9 Å². The van der Waals surface area contributed by atoms with Gasteiger partial charge in [0.15, 0.2) is 4.34 Å². The highest BCUT2D eigenvalue weighted by atomic mass is 79.9. The van der Waals surface area contributed by atoms with Crippen molar-refractivity contribution < 1.29 is 0 Å². The molecule has 3 aromatic rings. The van der Waals surface area contributed by atoms with Crippen molar-refractivity contribution in [3.63, 3.8) is 0 Å². The summed E-state index contributed by atoms with van der Waals surface area (Å²) >= 11 is 8.14. The molecule has 0 spiro atoms. The monoisotopic (exact) mass is 395 g/mol. The third-order valence-corrected chi connectivity index (χ3v) is 6.91. The summed E-state index contributed by atoms with van der Waals surface area (Å²) < 4.78 is 3.08. The predicted molar refractivity (Wildman–Crippen MR) is 88.9 cm³/mol. The normalized spacial score (nSPS) is 16.0. The zero-order valence-corrected chi connectivity index (χ0v) is 14.3. The summed E-state index contributed by atoms with van der Waals surface area (Å²) in [4.78, 5) is 4.76. The van der Waals surface area contributed by atoms with Gasteiger partial charge >= 0.3 is 0 Å². The number of halogens is 1. The van der Waals surface area contributed by atoms with E-state index in [4.69, 9.17) is 0 Å². The van der Waals surface area contributed by atoms with Gasteiger partial charge in [-0.05, 0) is 62.4 Å². The Morgan fingerprint density at radius 3 is 2.52 bits per heavy atom. The first-order valence-electron chi connectivity index (χ1n) is 5.90. The Balaban J connectivity index is 1.76. The molecule has 0 N–H and O–H groups in total. The van der Waals surface area contributed by atoms with Crippen molar-refractivity contribution in [3.8, 4) is 0 Å². The van der Waals surface area contributed by atoms with Crippen LogP contribution in [0, 0.1) is 0 Å². The molecule has 0 bridgehead atoms. The van der Waals surface area contributed by atoms with Gasteiger partial charge in [0, 0.05) is 0 Å². The molecule has 0 fully saturated rings. The third-order valence-electron chi connectivity index (χ3n) is 2.80. The number of benzene rings is 1. The lowest BCUT2D eigenvalue weighted by Crippen LogP contribution is -2.11. The molecule has 1 aliphatic heterocycles. The minimum absolute atomic E-state index is 0.843. The molecule has 0 saturated carbocycles. The maximum absolute atomic E-state index is 4.62. The van der Waals surface area contributed by atoms with Crippen molar-refractivity contribution in [2.24, 2.45) is 20.7 Å². The summed E-state index contributed by atoms with van der Waals surface area (Å²) in [5.74, 6) is 0. The van der Waals surface area contributed by atoms with Crippen LogP contribution in [-0.2, 0) is 4.99 Å². The molecular formula is C12H6BrN5S3. The summed E-state index contributed by atoms with van der Waals surface area (Å²) in [6.45, 7) is 0. The van der Waals surface area contributed by atoms with Crippen molar-refractivity contribution in [2.45, 2.75) is 9.33 Å². The van der Waals surface area contributed by atoms with E-state index < -0.39 is 4.99 Å². The van der Waals surface area contributed by atoms with Gasteiger partial charge in [-0.3, -0.25) is 0 Å². The maximum atomic E-state index is 4.62. The second-order valence-corrected chi connectivity index (χ2v) is 9.05. The first kappa shape index (κ1) is 13.5. The molecule has 0 unspecified atom stereocenters. The second kappa shape index (κ2) is 5.24. The number of para-hydroxylation sites is 1. The van der Waals surface area contributed by atoms with Crippen molar-refractivity contribution in [2.75, 3.05) is 0 Å².